The SMILES string of the molecule is COC(C)(C1CC=C(Cl)CC1)C1CC=C(Cl)CC1. The molecule has 0 aliphatic heterocycles. The van der Waals surface area contributed by atoms with Gasteiger partial charge in [0.05, 0.1) is 5.60 Å². The fourth-order valence-electron chi connectivity index (χ4n) is 3.31. The predicted octanol–water partition coefficient (Wildman–Crippen LogP) is 5.24. The van der Waals surface area contributed by atoms with Gasteiger partial charge in [-0.2, -0.15) is 0 Å². The molecule has 2 aliphatic carbocycles. The van der Waals surface area contributed by atoms with Gasteiger partial charge in [-0.25, -0.2) is 0 Å². The summed E-state index contributed by atoms with van der Waals surface area (Å²) in [6, 6.07) is 0. The molecule has 2 unspecified atom stereocenters. The Morgan fingerprint density at radius 3 is 1.78 bits per heavy atom. The molecule has 102 valence electrons. The van der Waals surface area contributed by atoms with Crippen LogP contribution in [0, 0.1) is 11.8 Å². The maximum absolute atomic E-state index is 6.07. The van der Waals surface area contributed by atoms with Crippen LogP contribution >= 0.6 is 23.2 Å². The van der Waals surface area contributed by atoms with Gasteiger partial charge in [0.25, 0.3) is 0 Å². The third-order valence-electron chi connectivity index (χ3n) is 4.77. The number of hydrogen-bond acceptors (Lipinski definition) is 1. The topological polar surface area (TPSA) is 9.23 Å². The Hall–Kier alpha value is 0.0200. The van der Waals surface area contributed by atoms with Crippen molar-refractivity contribution in [2.24, 2.45) is 11.8 Å². The number of ether oxygens (including phenoxy) is 1. The zero-order chi connectivity index (χ0) is 13.2. The lowest BCUT2D eigenvalue weighted by Gasteiger charge is -2.44. The van der Waals surface area contributed by atoms with E-state index < -0.39 is 0 Å². The number of halogens is 2. The van der Waals surface area contributed by atoms with Crippen LogP contribution in [-0.2, 0) is 4.74 Å². The van der Waals surface area contributed by atoms with Crippen LogP contribution < -0.4 is 0 Å². The van der Waals surface area contributed by atoms with Gasteiger partial charge >= 0.3 is 0 Å². The standard InChI is InChI=1S/C15H22Cl2O/c1-15(18-2,11-3-7-13(16)8-4-11)12-5-9-14(17)10-6-12/h7,9,11-12H,3-6,8,10H2,1-2H3. The molecule has 1 nitrogen and oxygen atoms in total. The van der Waals surface area contributed by atoms with E-state index in [1.807, 2.05) is 7.11 Å². The lowest BCUT2D eigenvalue weighted by atomic mass is 9.69. The Bertz CT molecular complexity index is 330. The van der Waals surface area contributed by atoms with Gasteiger partial charge in [0.1, 0.15) is 0 Å². The highest BCUT2D eigenvalue weighted by atomic mass is 35.5. The molecule has 2 atom stereocenters. The highest BCUT2D eigenvalue weighted by Gasteiger charge is 2.41. The Balaban J connectivity index is 2.10. The van der Waals surface area contributed by atoms with E-state index in [1.54, 1.807) is 0 Å². The quantitative estimate of drug-likeness (QED) is 0.690. The van der Waals surface area contributed by atoms with Gasteiger partial charge in [-0.15, -0.1) is 0 Å². The second kappa shape index (κ2) is 5.98. The third kappa shape index (κ3) is 2.95. The minimum Gasteiger partial charge on any atom is -0.378 e. The average molecular weight is 289 g/mol. The van der Waals surface area contributed by atoms with E-state index in [2.05, 4.69) is 19.1 Å². The summed E-state index contributed by atoms with van der Waals surface area (Å²) in [5.41, 5.74) is -0.0534. The summed E-state index contributed by atoms with van der Waals surface area (Å²) in [6.07, 6.45) is 10.7. The highest BCUT2D eigenvalue weighted by molar-refractivity contribution is 6.29. The van der Waals surface area contributed by atoms with Crippen LogP contribution in [0.3, 0.4) is 0 Å². The normalized spacial score (nSPS) is 32.4. The van der Waals surface area contributed by atoms with Gasteiger partial charge in [0, 0.05) is 17.2 Å². The first-order valence-electron chi connectivity index (χ1n) is 6.80. The average Bonchev–Trinajstić information content (AvgIpc) is 2.39. The van der Waals surface area contributed by atoms with Crippen molar-refractivity contribution in [1.29, 1.82) is 0 Å². The molecule has 0 radical (unpaired) electrons. The Labute approximate surface area is 120 Å². The van der Waals surface area contributed by atoms with Crippen LogP contribution in [0.25, 0.3) is 0 Å². The van der Waals surface area contributed by atoms with Crippen molar-refractivity contribution in [3.8, 4) is 0 Å². The monoisotopic (exact) mass is 288 g/mol. The van der Waals surface area contributed by atoms with Crippen LogP contribution in [0.2, 0.25) is 0 Å². The van der Waals surface area contributed by atoms with Crippen LogP contribution in [0.5, 0.6) is 0 Å². The first kappa shape index (κ1) is 14.4. The Kier molecular flexibility index (Phi) is 4.80. The maximum atomic E-state index is 6.07. The van der Waals surface area contributed by atoms with Crippen LogP contribution in [0.1, 0.15) is 45.4 Å². The van der Waals surface area contributed by atoms with Crippen molar-refractivity contribution >= 4 is 23.2 Å². The van der Waals surface area contributed by atoms with Crippen LogP contribution in [0.15, 0.2) is 22.2 Å². The lowest BCUT2D eigenvalue weighted by molar-refractivity contribution is -0.0934. The molecule has 3 heteroatoms. The summed E-state index contributed by atoms with van der Waals surface area (Å²) >= 11 is 12.1. The van der Waals surface area contributed by atoms with E-state index in [0.717, 1.165) is 48.6 Å². The van der Waals surface area contributed by atoms with E-state index >= 15 is 0 Å². The van der Waals surface area contributed by atoms with Crippen molar-refractivity contribution < 1.29 is 4.74 Å². The van der Waals surface area contributed by atoms with E-state index in [1.165, 1.54) is 0 Å². The molecular formula is C15H22Cl2O. The van der Waals surface area contributed by atoms with E-state index in [4.69, 9.17) is 27.9 Å². The summed E-state index contributed by atoms with van der Waals surface area (Å²) in [5, 5.41) is 2.02. The molecule has 0 aromatic rings. The molecule has 0 amide bonds. The van der Waals surface area contributed by atoms with E-state index in [9.17, 15) is 0 Å². The van der Waals surface area contributed by atoms with Crippen LogP contribution in [-0.4, -0.2) is 12.7 Å². The summed E-state index contributed by atoms with van der Waals surface area (Å²) in [4.78, 5) is 0. The molecule has 0 fully saturated rings. The van der Waals surface area contributed by atoms with Crippen molar-refractivity contribution in [2.45, 2.75) is 51.0 Å². The van der Waals surface area contributed by atoms with Gasteiger partial charge in [-0.05, 0) is 57.3 Å². The van der Waals surface area contributed by atoms with Crippen molar-refractivity contribution in [3.05, 3.63) is 22.2 Å². The van der Waals surface area contributed by atoms with Gasteiger partial charge in [0.15, 0.2) is 0 Å². The molecule has 0 aromatic carbocycles. The largest absolute Gasteiger partial charge is 0.378 e. The van der Waals surface area contributed by atoms with Crippen molar-refractivity contribution in [2.75, 3.05) is 7.11 Å². The van der Waals surface area contributed by atoms with E-state index in [-0.39, 0.29) is 5.60 Å². The molecule has 0 aromatic heterocycles. The zero-order valence-corrected chi connectivity index (χ0v) is 12.7. The van der Waals surface area contributed by atoms with Crippen LogP contribution in [0.4, 0.5) is 0 Å². The minimum absolute atomic E-state index is 0.0534. The fraction of sp³-hybridized carbons (Fsp3) is 0.733. The number of methoxy groups -OCH3 is 1. The summed E-state index contributed by atoms with van der Waals surface area (Å²) in [5.74, 6) is 1.14. The molecule has 0 saturated heterocycles. The van der Waals surface area contributed by atoms with E-state index in [0.29, 0.717) is 11.8 Å². The Morgan fingerprint density at radius 2 is 1.50 bits per heavy atom. The molecule has 2 aliphatic rings. The smallest absolute Gasteiger partial charge is 0.0712 e. The summed E-state index contributed by atoms with van der Waals surface area (Å²) < 4.78 is 5.94. The maximum Gasteiger partial charge on any atom is 0.0712 e. The molecular weight excluding hydrogens is 267 g/mol. The van der Waals surface area contributed by atoms with Gasteiger partial charge in [0.2, 0.25) is 0 Å². The van der Waals surface area contributed by atoms with Gasteiger partial charge in [-0.1, -0.05) is 35.4 Å². The van der Waals surface area contributed by atoms with Gasteiger partial charge in [-0.3, -0.25) is 0 Å². The van der Waals surface area contributed by atoms with Gasteiger partial charge < -0.3 is 4.74 Å². The molecule has 0 N–H and O–H groups in total. The van der Waals surface area contributed by atoms with Crippen molar-refractivity contribution in [1.82, 2.24) is 0 Å². The zero-order valence-electron chi connectivity index (χ0n) is 11.2. The predicted molar refractivity (Wildman–Crippen MR) is 78.0 cm³/mol. The molecule has 2 rings (SSSR count). The lowest BCUT2D eigenvalue weighted by Crippen LogP contribution is -2.45. The third-order valence-corrected chi connectivity index (χ3v) is 5.46. The second-order valence-electron chi connectivity index (χ2n) is 5.63. The molecule has 18 heavy (non-hydrogen) atoms. The summed E-state index contributed by atoms with van der Waals surface area (Å²) in [6.45, 7) is 2.27. The fourth-order valence-corrected chi connectivity index (χ4v) is 3.71. The molecule has 0 bridgehead atoms. The van der Waals surface area contributed by atoms with Crippen molar-refractivity contribution in [3.63, 3.8) is 0 Å². The first-order valence-corrected chi connectivity index (χ1v) is 7.56. The number of rotatable bonds is 3. The Morgan fingerprint density at radius 1 is 1.06 bits per heavy atom. The highest BCUT2D eigenvalue weighted by Crippen LogP contribution is 2.44. The second-order valence-corrected chi connectivity index (χ2v) is 6.60. The molecule has 0 saturated carbocycles. The summed E-state index contributed by atoms with van der Waals surface area (Å²) in [7, 11) is 1.85. The minimum atomic E-state index is -0.0534. The molecule has 0 heterocycles. The molecule has 0 spiro atoms. The number of allylic oxidation sites excluding steroid dienone is 4. The first-order chi connectivity index (χ1) is 8.56. The number of hydrogen-bond donors (Lipinski definition) is 0.